The number of fused-ring (bicyclic) bond motifs is 3. The molecule has 1 atom stereocenters. The maximum Gasteiger partial charge on any atom is 0.407 e. The van der Waals surface area contributed by atoms with Crippen molar-refractivity contribution >= 4 is 18.0 Å². The maximum absolute atomic E-state index is 12.2. The summed E-state index contributed by atoms with van der Waals surface area (Å²) in [6.45, 7) is 2.35. The Morgan fingerprint density at radius 2 is 1.66 bits per heavy atom. The number of hydrogen-bond acceptors (Lipinski definition) is 4. The Labute approximate surface area is 188 Å². The fourth-order valence-electron chi connectivity index (χ4n) is 4.11. The lowest BCUT2D eigenvalue weighted by atomic mass is 9.98. The highest BCUT2D eigenvalue weighted by atomic mass is 16.5. The molecule has 0 heterocycles. The summed E-state index contributed by atoms with van der Waals surface area (Å²) in [4.78, 5) is 35.3. The van der Waals surface area contributed by atoms with Gasteiger partial charge >= 0.3 is 12.1 Å². The monoisotopic (exact) mass is 438 g/mol. The van der Waals surface area contributed by atoms with Gasteiger partial charge in [0.05, 0.1) is 6.42 Å². The fraction of sp³-hybridized carbons (Fsp3) is 0.400. The van der Waals surface area contributed by atoms with Crippen LogP contribution in [-0.2, 0) is 14.3 Å². The van der Waals surface area contributed by atoms with E-state index >= 15 is 0 Å². The minimum atomic E-state index is -0.942. The van der Waals surface area contributed by atoms with Gasteiger partial charge in [0.1, 0.15) is 6.61 Å². The third-order valence-corrected chi connectivity index (χ3v) is 5.66. The number of carboxylic acid groups (broad SMARTS) is 1. The standard InChI is InChI=1S/C25H30N2O5/c1-2-3-8-17(15-24(29)30)27-23(28)13-14-26-25(31)32-16-22-20-11-6-4-9-18(20)19-10-5-7-12-21(19)22/h4-7,9-12,17,22H,2-3,8,13-16H2,1H3,(H,26,31)(H,27,28)(H,29,30)/t17-/m1/s1. The van der Waals surface area contributed by atoms with E-state index in [1.807, 2.05) is 31.2 Å². The zero-order chi connectivity index (χ0) is 22.9. The maximum atomic E-state index is 12.2. The van der Waals surface area contributed by atoms with E-state index in [-0.39, 0.29) is 37.8 Å². The van der Waals surface area contributed by atoms with Crippen LogP contribution in [0.2, 0.25) is 0 Å². The Kier molecular flexibility index (Phi) is 8.25. The molecule has 0 spiro atoms. The van der Waals surface area contributed by atoms with Crippen molar-refractivity contribution < 1.29 is 24.2 Å². The molecule has 0 saturated carbocycles. The fourth-order valence-corrected chi connectivity index (χ4v) is 4.11. The molecule has 0 unspecified atom stereocenters. The second-order valence-corrected chi connectivity index (χ2v) is 8.01. The summed E-state index contributed by atoms with van der Waals surface area (Å²) in [6, 6.07) is 15.8. The largest absolute Gasteiger partial charge is 0.481 e. The van der Waals surface area contributed by atoms with Crippen molar-refractivity contribution in [3.05, 3.63) is 59.7 Å². The van der Waals surface area contributed by atoms with E-state index in [0.29, 0.717) is 6.42 Å². The number of unbranched alkanes of at least 4 members (excludes halogenated alkanes) is 1. The molecule has 0 aliphatic heterocycles. The first-order valence-corrected chi connectivity index (χ1v) is 11.1. The van der Waals surface area contributed by atoms with Crippen molar-refractivity contribution in [1.29, 1.82) is 0 Å². The molecule has 3 rings (SSSR count). The minimum absolute atomic E-state index is 0.0215. The number of amides is 2. The average molecular weight is 439 g/mol. The highest BCUT2D eigenvalue weighted by molar-refractivity contribution is 5.79. The van der Waals surface area contributed by atoms with E-state index in [4.69, 9.17) is 9.84 Å². The first-order valence-electron chi connectivity index (χ1n) is 11.1. The molecule has 2 amide bonds. The molecule has 0 bridgehead atoms. The third kappa shape index (κ3) is 6.09. The number of ether oxygens (including phenoxy) is 1. The SMILES string of the molecule is CCCC[C@H](CC(=O)O)NC(=O)CCNC(=O)OCC1c2ccccc2-c2ccccc21. The Morgan fingerprint density at radius 3 is 2.25 bits per heavy atom. The van der Waals surface area contributed by atoms with Gasteiger partial charge in [-0.2, -0.15) is 0 Å². The first kappa shape index (κ1) is 23.3. The number of carbonyl (C=O) groups excluding carboxylic acids is 2. The van der Waals surface area contributed by atoms with Crippen LogP contribution in [0, 0.1) is 0 Å². The van der Waals surface area contributed by atoms with Crippen molar-refractivity contribution in [1.82, 2.24) is 10.6 Å². The second kappa shape index (κ2) is 11.3. The van der Waals surface area contributed by atoms with Gasteiger partial charge < -0.3 is 20.5 Å². The van der Waals surface area contributed by atoms with E-state index in [1.165, 1.54) is 0 Å². The summed E-state index contributed by atoms with van der Waals surface area (Å²) in [5, 5.41) is 14.3. The molecule has 0 saturated heterocycles. The molecule has 0 fully saturated rings. The topological polar surface area (TPSA) is 105 Å². The minimum Gasteiger partial charge on any atom is -0.481 e. The third-order valence-electron chi connectivity index (χ3n) is 5.66. The highest BCUT2D eigenvalue weighted by Crippen LogP contribution is 2.44. The predicted molar refractivity (Wildman–Crippen MR) is 121 cm³/mol. The molecule has 1 aliphatic rings. The lowest BCUT2D eigenvalue weighted by molar-refractivity contribution is -0.137. The van der Waals surface area contributed by atoms with Crippen LogP contribution < -0.4 is 10.6 Å². The van der Waals surface area contributed by atoms with E-state index in [1.54, 1.807) is 0 Å². The lowest BCUT2D eigenvalue weighted by Gasteiger charge is -2.17. The summed E-state index contributed by atoms with van der Waals surface area (Å²) in [6.07, 6.45) is 1.77. The number of alkyl carbamates (subject to hydrolysis) is 1. The van der Waals surface area contributed by atoms with Crippen molar-refractivity contribution in [2.75, 3.05) is 13.2 Å². The Bertz CT molecular complexity index is 913. The van der Waals surface area contributed by atoms with E-state index in [2.05, 4.69) is 34.9 Å². The zero-order valence-electron chi connectivity index (χ0n) is 18.3. The summed E-state index contributed by atoms with van der Waals surface area (Å²) in [5.41, 5.74) is 4.59. The summed E-state index contributed by atoms with van der Waals surface area (Å²) < 4.78 is 5.45. The molecule has 7 heteroatoms. The number of hydrogen-bond donors (Lipinski definition) is 3. The van der Waals surface area contributed by atoms with E-state index in [9.17, 15) is 14.4 Å². The normalized spacial score (nSPS) is 13.0. The molecule has 0 aromatic heterocycles. The second-order valence-electron chi connectivity index (χ2n) is 8.01. The van der Waals surface area contributed by atoms with Gasteiger partial charge in [-0.05, 0) is 28.7 Å². The molecular formula is C25H30N2O5. The van der Waals surface area contributed by atoms with Crippen molar-refractivity contribution in [2.45, 2.75) is 51.0 Å². The smallest absolute Gasteiger partial charge is 0.407 e. The summed E-state index contributed by atoms with van der Waals surface area (Å²) >= 11 is 0. The van der Waals surface area contributed by atoms with Crippen molar-refractivity contribution in [3.63, 3.8) is 0 Å². The average Bonchev–Trinajstić information content (AvgIpc) is 3.09. The quantitative estimate of drug-likeness (QED) is 0.491. The molecule has 3 N–H and O–H groups in total. The molecule has 32 heavy (non-hydrogen) atoms. The van der Waals surface area contributed by atoms with Crippen LogP contribution >= 0.6 is 0 Å². The molecule has 2 aromatic rings. The Hall–Kier alpha value is -3.35. The van der Waals surface area contributed by atoms with Gasteiger partial charge in [0.15, 0.2) is 0 Å². The van der Waals surface area contributed by atoms with Gasteiger partial charge in [0, 0.05) is 24.9 Å². The number of aliphatic carboxylic acids is 1. The van der Waals surface area contributed by atoms with Crippen molar-refractivity contribution in [2.24, 2.45) is 0 Å². The van der Waals surface area contributed by atoms with E-state index < -0.39 is 18.1 Å². The van der Waals surface area contributed by atoms with Crippen LogP contribution in [-0.4, -0.2) is 42.3 Å². The Morgan fingerprint density at radius 1 is 1.03 bits per heavy atom. The van der Waals surface area contributed by atoms with Crippen molar-refractivity contribution in [3.8, 4) is 11.1 Å². The zero-order valence-corrected chi connectivity index (χ0v) is 18.3. The number of carboxylic acids is 1. The molecular weight excluding hydrogens is 408 g/mol. The van der Waals surface area contributed by atoms with Crippen LogP contribution in [0.25, 0.3) is 11.1 Å². The highest BCUT2D eigenvalue weighted by Gasteiger charge is 2.29. The first-order chi connectivity index (χ1) is 15.5. The van der Waals surface area contributed by atoms with Crippen LogP contribution in [0.1, 0.15) is 56.1 Å². The predicted octanol–water partition coefficient (Wildman–Crippen LogP) is 4.06. The molecule has 7 nitrogen and oxygen atoms in total. The molecule has 170 valence electrons. The van der Waals surface area contributed by atoms with Gasteiger partial charge in [-0.25, -0.2) is 4.79 Å². The molecule has 0 radical (unpaired) electrons. The molecule has 2 aromatic carbocycles. The van der Waals surface area contributed by atoms with Crippen LogP contribution in [0.15, 0.2) is 48.5 Å². The van der Waals surface area contributed by atoms with Gasteiger partial charge in [0.25, 0.3) is 0 Å². The number of rotatable bonds is 11. The van der Waals surface area contributed by atoms with Crippen LogP contribution in [0.4, 0.5) is 4.79 Å². The van der Waals surface area contributed by atoms with Gasteiger partial charge in [0.2, 0.25) is 5.91 Å². The number of carbonyl (C=O) groups is 3. The number of nitrogens with one attached hydrogen (secondary N) is 2. The Balaban J connectivity index is 1.45. The summed E-state index contributed by atoms with van der Waals surface area (Å²) in [5.74, 6) is -1.25. The van der Waals surface area contributed by atoms with E-state index in [0.717, 1.165) is 35.1 Å². The van der Waals surface area contributed by atoms with Gasteiger partial charge in [-0.3, -0.25) is 9.59 Å². The van der Waals surface area contributed by atoms with Gasteiger partial charge in [-0.15, -0.1) is 0 Å². The molecule has 1 aliphatic carbocycles. The van der Waals surface area contributed by atoms with Gasteiger partial charge in [-0.1, -0.05) is 68.3 Å². The summed E-state index contributed by atoms with van der Waals surface area (Å²) in [7, 11) is 0. The number of benzene rings is 2. The van der Waals surface area contributed by atoms with Crippen LogP contribution in [0.3, 0.4) is 0 Å². The van der Waals surface area contributed by atoms with Crippen LogP contribution in [0.5, 0.6) is 0 Å². The lowest BCUT2D eigenvalue weighted by Crippen LogP contribution is -2.38.